The van der Waals surface area contributed by atoms with E-state index in [1.165, 1.54) is 18.9 Å². The largest absolute Gasteiger partial charge is 0.495 e. The number of nitrogens with one attached hydrogen (secondary N) is 1. The van der Waals surface area contributed by atoms with E-state index in [1.54, 1.807) is 48.5 Å². The van der Waals surface area contributed by atoms with Crippen molar-refractivity contribution in [3.8, 4) is 5.75 Å². The van der Waals surface area contributed by atoms with E-state index in [9.17, 15) is 14.4 Å². The number of carbonyl (C=O) groups excluding carboxylic acids is 3. The molecule has 0 unspecified atom stereocenters. The van der Waals surface area contributed by atoms with Gasteiger partial charge in [-0.2, -0.15) is 0 Å². The molecular weight excluding hydrogens is 398 g/mol. The number of methoxy groups -OCH3 is 1. The summed E-state index contributed by atoms with van der Waals surface area (Å²) in [6, 6.07) is 13.8. The van der Waals surface area contributed by atoms with E-state index < -0.39 is 11.8 Å². The molecule has 2 aromatic carbocycles. The van der Waals surface area contributed by atoms with Crippen molar-refractivity contribution in [1.82, 2.24) is 4.90 Å². The van der Waals surface area contributed by atoms with Crippen LogP contribution < -0.4 is 15.0 Å². The summed E-state index contributed by atoms with van der Waals surface area (Å²) in [5, 5.41) is 2.71. The van der Waals surface area contributed by atoms with Crippen LogP contribution in [-0.2, 0) is 19.1 Å². The van der Waals surface area contributed by atoms with Crippen LogP contribution in [0.15, 0.2) is 54.2 Å². The normalized spacial score (nSPS) is 16.7. The molecule has 160 valence electrons. The molecule has 2 aliphatic rings. The SMILES string of the molecule is COc1ccccc1N1C(=O)C(c2ccc(NC(C)=O)cc2)=C(N2CCOCC2)C1=O. The number of ether oxygens (including phenoxy) is 2. The van der Waals surface area contributed by atoms with Crippen LogP contribution >= 0.6 is 0 Å². The minimum atomic E-state index is -0.414. The van der Waals surface area contributed by atoms with Crippen LogP contribution in [0.1, 0.15) is 12.5 Å². The summed E-state index contributed by atoms with van der Waals surface area (Å²) in [5.41, 5.74) is 2.30. The monoisotopic (exact) mass is 421 g/mol. The van der Waals surface area contributed by atoms with Gasteiger partial charge in [0.05, 0.1) is 31.6 Å². The van der Waals surface area contributed by atoms with Crippen LogP contribution in [0.25, 0.3) is 5.57 Å². The third-order valence-corrected chi connectivity index (χ3v) is 5.21. The van der Waals surface area contributed by atoms with Crippen LogP contribution in [0.4, 0.5) is 11.4 Å². The van der Waals surface area contributed by atoms with Gasteiger partial charge in [-0.05, 0) is 29.8 Å². The number of imide groups is 1. The average molecular weight is 421 g/mol. The lowest BCUT2D eigenvalue weighted by molar-refractivity contribution is -0.121. The van der Waals surface area contributed by atoms with Crippen LogP contribution in [0, 0.1) is 0 Å². The number of hydrogen-bond donors (Lipinski definition) is 1. The van der Waals surface area contributed by atoms with E-state index in [0.717, 1.165) is 0 Å². The number of morpholine rings is 1. The first-order chi connectivity index (χ1) is 15.0. The quantitative estimate of drug-likeness (QED) is 0.746. The molecule has 0 radical (unpaired) electrons. The number of benzene rings is 2. The fraction of sp³-hybridized carbons (Fsp3) is 0.261. The summed E-state index contributed by atoms with van der Waals surface area (Å²) in [5.74, 6) is -0.552. The topological polar surface area (TPSA) is 88.2 Å². The zero-order chi connectivity index (χ0) is 22.0. The van der Waals surface area contributed by atoms with Crippen molar-refractivity contribution in [1.29, 1.82) is 0 Å². The minimum absolute atomic E-state index is 0.185. The highest BCUT2D eigenvalue weighted by Crippen LogP contribution is 2.38. The molecule has 1 N–H and O–H groups in total. The fourth-order valence-electron chi connectivity index (χ4n) is 3.82. The Kier molecular flexibility index (Phi) is 5.73. The molecule has 1 fully saturated rings. The fourth-order valence-corrected chi connectivity index (χ4v) is 3.82. The Hall–Kier alpha value is -3.65. The Bertz CT molecular complexity index is 1060. The lowest BCUT2D eigenvalue weighted by Crippen LogP contribution is -2.40. The molecule has 0 saturated carbocycles. The Labute approximate surface area is 180 Å². The van der Waals surface area contributed by atoms with Gasteiger partial charge in [0, 0.05) is 25.7 Å². The second-order valence-corrected chi connectivity index (χ2v) is 7.20. The van der Waals surface area contributed by atoms with Gasteiger partial charge in [0.25, 0.3) is 11.8 Å². The molecule has 4 rings (SSSR count). The van der Waals surface area contributed by atoms with E-state index >= 15 is 0 Å². The van der Waals surface area contributed by atoms with Gasteiger partial charge in [0.15, 0.2) is 0 Å². The highest BCUT2D eigenvalue weighted by Gasteiger charge is 2.43. The summed E-state index contributed by atoms with van der Waals surface area (Å²) in [6.07, 6.45) is 0. The molecular formula is C23H23N3O5. The summed E-state index contributed by atoms with van der Waals surface area (Å²) in [7, 11) is 1.50. The second-order valence-electron chi connectivity index (χ2n) is 7.20. The molecule has 0 bridgehead atoms. The third kappa shape index (κ3) is 3.89. The molecule has 31 heavy (non-hydrogen) atoms. The number of para-hydroxylation sites is 2. The molecule has 1 saturated heterocycles. The summed E-state index contributed by atoms with van der Waals surface area (Å²) < 4.78 is 10.8. The van der Waals surface area contributed by atoms with Gasteiger partial charge in [-0.3, -0.25) is 14.4 Å². The predicted molar refractivity (Wildman–Crippen MR) is 116 cm³/mol. The zero-order valence-corrected chi connectivity index (χ0v) is 17.4. The molecule has 0 aliphatic carbocycles. The molecule has 0 atom stereocenters. The molecule has 2 aromatic rings. The summed E-state index contributed by atoms with van der Waals surface area (Å²) in [6.45, 7) is 3.42. The molecule has 2 aliphatic heterocycles. The van der Waals surface area contributed by atoms with Crippen LogP contribution in [0.3, 0.4) is 0 Å². The van der Waals surface area contributed by atoms with Gasteiger partial charge in [-0.25, -0.2) is 4.90 Å². The number of anilines is 2. The van der Waals surface area contributed by atoms with Crippen molar-refractivity contribution in [2.45, 2.75) is 6.92 Å². The number of carbonyl (C=O) groups is 3. The smallest absolute Gasteiger partial charge is 0.282 e. The summed E-state index contributed by atoms with van der Waals surface area (Å²) >= 11 is 0. The Morgan fingerprint density at radius 2 is 1.68 bits per heavy atom. The van der Waals surface area contributed by atoms with Gasteiger partial charge in [0.1, 0.15) is 11.4 Å². The Balaban J connectivity index is 1.79. The van der Waals surface area contributed by atoms with E-state index in [0.29, 0.717) is 60.3 Å². The van der Waals surface area contributed by atoms with Crippen LogP contribution in [0.2, 0.25) is 0 Å². The Morgan fingerprint density at radius 1 is 1.00 bits per heavy atom. The van der Waals surface area contributed by atoms with Crippen LogP contribution in [-0.4, -0.2) is 56.0 Å². The van der Waals surface area contributed by atoms with Crippen molar-refractivity contribution >= 4 is 34.7 Å². The maximum atomic E-state index is 13.6. The van der Waals surface area contributed by atoms with Crippen molar-refractivity contribution in [2.75, 3.05) is 43.6 Å². The van der Waals surface area contributed by atoms with E-state index in [4.69, 9.17) is 9.47 Å². The molecule has 3 amide bonds. The van der Waals surface area contributed by atoms with E-state index in [1.807, 2.05) is 4.90 Å². The van der Waals surface area contributed by atoms with Crippen molar-refractivity contribution in [3.63, 3.8) is 0 Å². The lowest BCUT2D eigenvalue weighted by Gasteiger charge is -2.29. The van der Waals surface area contributed by atoms with Crippen LogP contribution in [0.5, 0.6) is 5.75 Å². The number of amides is 3. The van der Waals surface area contributed by atoms with Crippen molar-refractivity contribution in [2.24, 2.45) is 0 Å². The minimum Gasteiger partial charge on any atom is -0.495 e. The second kappa shape index (κ2) is 8.61. The maximum Gasteiger partial charge on any atom is 0.282 e. The summed E-state index contributed by atoms with van der Waals surface area (Å²) in [4.78, 5) is 41.5. The molecule has 0 aromatic heterocycles. The molecule has 8 heteroatoms. The third-order valence-electron chi connectivity index (χ3n) is 5.21. The Morgan fingerprint density at radius 3 is 2.32 bits per heavy atom. The first kappa shape index (κ1) is 20.6. The average Bonchev–Trinajstić information content (AvgIpc) is 3.04. The highest BCUT2D eigenvalue weighted by molar-refractivity contribution is 6.45. The number of nitrogens with zero attached hydrogens (tertiary/aromatic N) is 2. The van der Waals surface area contributed by atoms with Gasteiger partial charge < -0.3 is 19.7 Å². The van der Waals surface area contributed by atoms with Crippen molar-refractivity contribution < 1.29 is 23.9 Å². The zero-order valence-electron chi connectivity index (χ0n) is 17.4. The molecule has 0 spiro atoms. The lowest BCUT2D eigenvalue weighted by atomic mass is 10.0. The first-order valence-electron chi connectivity index (χ1n) is 9.98. The van der Waals surface area contributed by atoms with Gasteiger partial charge in [-0.15, -0.1) is 0 Å². The van der Waals surface area contributed by atoms with Crippen molar-refractivity contribution in [3.05, 3.63) is 59.8 Å². The number of rotatable bonds is 5. The maximum absolute atomic E-state index is 13.6. The molecule has 2 heterocycles. The first-order valence-corrected chi connectivity index (χ1v) is 9.98. The number of hydrogen-bond acceptors (Lipinski definition) is 6. The predicted octanol–water partition coefficient (Wildman–Crippen LogP) is 2.27. The van der Waals surface area contributed by atoms with Gasteiger partial charge in [-0.1, -0.05) is 24.3 Å². The highest BCUT2D eigenvalue weighted by atomic mass is 16.5. The molecule has 8 nitrogen and oxygen atoms in total. The van der Waals surface area contributed by atoms with Gasteiger partial charge in [0.2, 0.25) is 5.91 Å². The van der Waals surface area contributed by atoms with E-state index in [-0.39, 0.29) is 5.91 Å². The standard InChI is InChI=1S/C23H23N3O5/c1-15(27)24-17-9-7-16(8-10-17)20-21(25-11-13-31-14-12-25)23(29)26(22(20)28)18-5-3-4-6-19(18)30-2/h3-10H,11-14H2,1-2H3,(H,24,27). The van der Waals surface area contributed by atoms with Gasteiger partial charge >= 0.3 is 0 Å². The van der Waals surface area contributed by atoms with E-state index in [2.05, 4.69) is 5.32 Å².